The summed E-state index contributed by atoms with van der Waals surface area (Å²) in [6.07, 6.45) is 0. The number of methoxy groups -OCH3 is 1. The zero-order valence-corrected chi connectivity index (χ0v) is 12.2. The summed E-state index contributed by atoms with van der Waals surface area (Å²) in [5.41, 5.74) is 1.05. The quantitative estimate of drug-likeness (QED) is 0.890. The molecule has 2 rings (SSSR count). The second-order valence-electron chi connectivity index (χ2n) is 4.43. The third kappa shape index (κ3) is 3.18. The minimum Gasteiger partial charge on any atom is -0.495 e. The van der Waals surface area contributed by atoms with Crippen molar-refractivity contribution in [1.82, 2.24) is 5.32 Å². The Bertz CT molecular complexity index is 580. The first-order chi connectivity index (χ1) is 9.65. The van der Waals surface area contributed by atoms with E-state index in [1.54, 1.807) is 14.0 Å². The van der Waals surface area contributed by atoms with Gasteiger partial charge in [0, 0.05) is 10.9 Å². The van der Waals surface area contributed by atoms with Gasteiger partial charge in [0.25, 0.3) is 5.91 Å². The lowest BCUT2D eigenvalue weighted by molar-refractivity contribution is 0.0923. The fourth-order valence-corrected chi connectivity index (χ4v) is 2.80. The number of hydrogen-bond donors (Lipinski definition) is 2. The lowest BCUT2D eigenvalue weighted by atomic mass is 10.2. The van der Waals surface area contributed by atoms with Crippen molar-refractivity contribution in [1.29, 1.82) is 0 Å². The van der Waals surface area contributed by atoms with Gasteiger partial charge in [0.05, 0.1) is 13.7 Å². The number of aliphatic hydroxyl groups is 1. The van der Waals surface area contributed by atoms with E-state index < -0.39 is 0 Å². The second kappa shape index (κ2) is 6.54. The van der Waals surface area contributed by atoms with Crippen LogP contribution in [0.4, 0.5) is 0 Å². The van der Waals surface area contributed by atoms with Crippen molar-refractivity contribution in [3.05, 3.63) is 41.3 Å². The molecule has 20 heavy (non-hydrogen) atoms. The number of rotatable bonds is 5. The van der Waals surface area contributed by atoms with Crippen LogP contribution < -0.4 is 10.1 Å². The number of benzene rings is 1. The maximum atomic E-state index is 12.1. The number of carbonyl (C=O) groups excluding carboxylic acids is 1. The lowest BCUT2D eigenvalue weighted by Gasteiger charge is -2.10. The van der Waals surface area contributed by atoms with Gasteiger partial charge < -0.3 is 15.2 Å². The Kier molecular flexibility index (Phi) is 4.76. The van der Waals surface area contributed by atoms with E-state index in [0.29, 0.717) is 10.6 Å². The van der Waals surface area contributed by atoms with Gasteiger partial charge in [0.2, 0.25) is 0 Å². The first kappa shape index (κ1) is 14.6. The maximum absolute atomic E-state index is 12.1. The first-order valence-corrected chi connectivity index (χ1v) is 7.12. The molecule has 1 aromatic heterocycles. The van der Waals surface area contributed by atoms with E-state index >= 15 is 0 Å². The number of nitrogens with one attached hydrogen (secondary N) is 1. The molecule has 1 atom stereocenters. The van der Waals surface area contributed by atoms with Crippen LogP contribution in [0.2, 0.25) is 0 Å². The van der Waals surface area contributed by atoms with E-state index in [9.17, 15) is 4.79 Å². The summed E-state index contributed by atoms with van der Waals surface area (Å²) in [6, 6.07) is 11.4. The summed E-state index contributed by atoms with van der Waals surface area (Å²) in [5.74, 6) is 0.326. The number of thiophene rings is 1. The van der Waals surface area contributed by atoms with E-state index in [4.69, 9.17) is 9.84 Å². The van der Waals surface area contributed by atoms with Crippen molar-refractivity contribution in [2.75, 3.05) is 13.7 Å². The van der Waals surface area contributed by atoms with Crippen LogP contribution in [-0.2, 0) is 0 Å². The number of amides is 1. The fourth-order valence-electron chi connectivity index (χ4n) is 1.76. The Morgan fingerprint density at radius 1 is 1.40 bits per heavy atom. The van der Waals surface area contributed by atoms with E-state index in [-0.39, 0.29) is 18.6 Å². The molecule has 0 radical (unpaired) electrons. The molecule has 0 fully saturated rings. The molecule has 0 saturated carbocycles. The molecule has 1 aromatic carbocycles. The molecular weight excluding hydrogens is 274 g/mol. The van der Waals surface area contributed by atoms with Gasteiger partial charge in [-0.3, -0.25) is 4.79 Å². The van der Waals surface area contributed by atoms with Gasteiger partial charge in [-0.15, -0.1) is 11.3 Å². The van der Waals surface area contributed by atoms with Crippen LogP contribution >= 0.6 is 11.3 Å². The second-order valence-corrected chi connectivity index (χ2v) is 5.48. The van der Waals surface area contributed by atoms with Crippen LogP contribution in [0.15, 0.2) is 36.4 Å². The third-order valence-corrected chi connectivity index (χ3v) is 4.00. The highest BCUT2D eigenvalue weighted by molar-refractivity contribution is 7.17. The molecule has 0 bridgehead atoms. The SMILES string of the molecule is COc1cc(-c2ccccc2)sc1C(=O)NC(C)CO. The Balaban J connectivity index is 2.30. The molecule has 1 amide bonds. The predicted octanol–water partition coefficient (Wildman–Crippen LogP) is 2.53. The molecule has 2 aromatic rings. The van der Waals surface area contributed by atoms with Crippen LogP contribution in [0.25, 0.3) is 10.4 Å². The monoisotopic (exact) mass is 291 g/mol. The third-order valence-electron chi connectivity index (χ3n) is 2.83. The van der Waals surface area contributed by atoms with Gasteiger partial charge >= 0.3 is 0 Å². The first-order valence-electron chi connectivity index (χ1n) is 6.30. The topological polar surface area (TPSA) is 58.6 Å². The van der Waals surface area contributed by atoms with Crippen LogP contribution in [0, 0.1) is 0 Å². The summed E-state index contributed by atoms with van der Waals surface area (Å²) >= 11 is 1.38. The van der Waals surface area contributed by atoms with Crippen LogP contribution in [0.1, 0.15) is 16.6 Å². The highest BCUT2D eigenvalue weighted by atomic mass is 32.1. The average molecular weight is 291 g/mol. The van der Waals surface area contributed by atoms with Gasteiger partial charge in [-0.1, -0.05) is 30.3 Å². The molecule has 4 nitrogen and oxygen atoms in total. The van der Waals surface area contributed by atoms with E-state index in [1.165, 1.54) is 11.3 Å². The molecular formula is C15H17NO3S. The molecule has 0 aliphatic carbocycles. The Labute approximate surface area is 122 Å². The van der Waals surface area contributed by atoms with Crippen molar-refractivity contribution in [3.63, 3.8) is 0 Å². The molecule has 106 valence electrons. The van der Waals surface area contributed by atoms with E-state index in [2.05, 4.69) is 5.32 Å². The predicted molar refractivity (Wildman–Crippen MR) is 80.3 cm³/mol. The summed E-state index contributed by atoms with van der Waals surface area (Å²) in [6.45, 7) is 1.65. The van der Waals surface area contributed by atoms with Crippen LogP contribution in [0.3, 0.4) is 0 Å². The van der Waals surface area contributed by atoms with Gasteiger partial charge in [-0.25, -0.2) is 0 Å². The summed E-state index contributed by atoms with van der Waals surface area (Å²) in [7, 11) is 1.54. The number of ether oxygens (including phenoxy) is 1. The van der Waals surface area contributed by atoms with Crippen LogP contribution in [0.5, 0.6) is 5.75 Å². The minimum absolute atomic E-state index is 0.0923. The number of aliphatic hydroxyl groups excluding tert-OH is 1. The molecule has 1 heterocycles. The maximum Gasteiger partial charge on any atom is 0.265 e. The molecule has 0 saturated heterocycles. The van der Waals surface area contributed by atoms with Gasteiger partial charge in [0.1, 0.15) is 10.6 Å². The Morgan fingerprint density at radius 2 is 2.10 bits per heavy atom. The highest BCUT2D eigenvalue weighted by Gasteiger charge is 2.19. The van der Waals surface area contributed by atoms with Crippen molar-refractivity contribution < 1.29 is 14.6 Å². The molecule has 5 heteroatoms. The number of hydrogen-bond acceptors (Lipinski definition) is 4. The normalized spacial score (nSPS) is 11.9. The molecule has 1 unspecified atom stereocenters. The zero-order valence-electron chi connectivity index (χ0n) is 11.4. The van der Waals surface area contributed by atoms with Gasteiger partial charge in [0.15, 0.2) is 0 Å². The zero-order chi connectivity index (χ0) is 14.5. The molecule has 0 spiro atoms. The molecule has 0 aliphatic heterocycles. The largest absolute Gasteiger partial charge is 0.495 e. The fraction of sp³-hybridized carbons (Fsp3) is 0.267. The smallest absolute Gasteiger partial charge is 0.265 e. The lowest BCUT2D eigenvalue weighted by Crippen LogP contribution is -2.34. The van der Waals surface area contributed by atoms with Crippen molar-refractivity contribution in [2.24, 2.45) is 0 Å². The standard InChI is InChI=1S/C15H17NO3S/c1-10(9-17)16-15(18)14-12(19-2)8-13(20-14)11-6-4-3-5-7-11/h3-8,10,17H,9H2,1-2H3,(H,16,18). The Morgan fingerprint density at radius 3 is 2.70 bits per heavy atom. The van der Waals surface area contributed by atoms with E-state index in [0.717, 1.165) is 10.4 Å². The van der Waals surface area contributed by atoms with Gasteiger partial charge in [-0.2, -0.15) is 0 Å². The highest BCUT2D eigenvalue weighted by Crippen LogP contribution is 2.36. The average Bonchev–Trinajstić information content (AvgIpc) is 2.92. The summed E-state index contributed by atoms with van der Waals surface area (Å²) < 4.78 is 5.27. The van der Waals surface area contributed by atoms with Crippen LogP contribution in [-0.4, -0.2) is 30.8 Å². The minimum atomic E-state index is -0.283. The summed E-state index contributed by atoms with van der Waals surface area (Å²) in [4.78, 5) is 13.6. The van der Waals surface area contributed by atoms with Gasteiger partial charge in [-0.05, 0) is 18.6 Å². The van der Waals surface area contributed by atoms with Crippen molar-refractivity contribution in [3.8, 4) is 16.2 Å². The van der Waals surface area contributed by atoms with Crippen molar-refractivity contribution >= 4 is 17.2 Å². The Hall–Kier alpha value is -1.85. The summed E-state index contributed by atoms with van der Waals surface area (Å²) in [5, 5.41) is 11.7. The van der Waals surface area contributed by atoms with E-state index in [1.807, 2.05) is 36.4 Å². The molecule has 2 N–H and O–H groups in total. The number of carbonyl (C=O) groups is 1. The van der Waals surface area contributed by atoms with Crippen molar-refractivity contribution in [2.45, 2.75) is 13.0 Å². The molecule has 0 aliphatic rings.